The van der Waals surface area contributed by atoms with Crippen LogP contribution in [0.3, 0.4) is 0 Å². The number of hydrogen-bond acceptors (Lipinski definition) is 1. The summed E-state index contributed by atoms with van der Waals surface area (Å²) in [5.74, 6) is 1.31. The van der Waals surface area contributed by atoms with Crippen LogP contribution in [0.4, 0.5) is 0 Å². The molecule has 0 saturated carbocycles. The zero-order chi connectivity index (χ0) is 14.8. The van der Waals surface area contributed by atoms with Crippen molar-refractivity contribution in [2.45, 2.75) is 19.9 Å². The van der Waals surface area contributed by atoms with Gasteiger partial charge in [-0.15, -0.1) is 0 Å². The van der Waals surface area contributed by atoms with Gasteiger partial charge in [0.2, 0.25) is 5.78 Å². The van der Waals surface area contributed by atoms with Crippen LogP contribution in [-0.2, 0) is 20.0 Å². The Morgan fingerprint density at radius 1 is 1.05 bits per heavy atom. The first kappa shape index (κ1) is 16.4. The van der Waals surface area contributed by atoms with Crippen molar-refractivity contribution in [3.05, 3.63) is 66.0 Å². The zero-order valence-corrected chi connectivity index (χ0v) is 14.4. The Morgan fingerprint density at radius 2 is 1.68 bits per heavy atom. The molecule has 22 heavy (non-hydrogen) atoms. The summed E-state index contributed by atoms with van der Waals surface area (Å²) in [5.41, 5.74) is 3.04. The van der Waals surface area contributed by atoms with Gasteiger partial charge < -0.3 is 17.0 Å². The van der Waals surface area contributed by atoms with Gasteiger partial charge in [-0.3, -0.25) is 4.79 Å². The summed E-state index contributed by atoms with van der Waals surface area (Å²) in [6.07, 6.45) is 0.896. The third-order valence-electron chi connectivity index (χ3n) is 3.95. The topological polar surface area (TPSA) is 25.9 Å². The van der Waals surface area contributed by atoms with Crippen molar-refractivity contribution in [2.24, 2.45) is 7.05 Å². The van der Waals surface area contributed by atoms with Crippen molar-refractivity contribution in [3.63, 3.8) is 0 Å². The molecular weight excluding hydrogens is 340 g/mol. The van der Waals surface area contributed by atoms with E-state index < -0.39 is 0 Å². The molecule has 3 aromatic rings. The van der Waals surface area contributed by atoms with Gasteiger partial charge in [0.05, 0.1) is 7.05 Å². The fraction of sp³-hybridized carbons (Fsp3) is 0.222. The molecule has 0 saturated heterocycles. The Bertz CT molecular complexity index is 793. The third-order valence-corrected chi connectivity index (χ3v) is 3.95. The summed E-state index contributed by atoms with van der Waals surface area (Å²) in [6.45, 7) is 2.51. The number of aryl methyl sites for hydroxylation is 1. The van der Waals surface area contributed by atoms with Gasteiger partial charge in [0, 0.05) is 12.0 Å². The number of fused-ring (bicyclic) bond motifs is 1. The summed E-state index contributed by atoms with van der Waals surface area (Å²) >= 11 is 0. The van der Waals surface area contributed by atoms with Crippen LogP contribution in [0.25, 0.3) is 11.0 Å². The highest BCUT2D eigenvalue weighted by molar-refractivity contribution is 5.96. The first-order chi connectivity index (χ1) is 10.2. The highest BCUT2D eigenvalue weighted by Gasteiger charge is 2.23. The van der Waals surface area contributed by atoms with Crippen molar-refractivity contribution in [3.8, 4) is 0 Å². The molecule has 2 aromatic carbocycles. The number of carbonyl (C=O) groups excluding carboxylic acids is 1. The van der Waals surface area contributed by atoms with E-state index in [1.54, 1.807) is 0 Å². The largest absolute Gasteiger partial charge is 1.00 e. The maximum atomic E-state index is 12.5. The molecule has 0 amide bonds. The number of Topliss-reactive ketones (excluding diaryl/α,β-unsaturated/α-hetero) is 1. The molecule has 0 N–H and O–H groups in total. The van der Waals surface area contributed by atoms with Gasteiger partial charge in [-0.25, -0.2) is 9.13 Å². The number of imidazole rings is 1. The standard InChI is InChI=1S/C18H19N2O.BrH/c1-3-18-19(2)15-11-7-8-12-16(15)20(18)13-17(21)14-9-5-4-6-10-14;/h4-12H,3,13H2,1-2H3;1H/q+1;/p-1. The van der Waals surface area contributed by atoms with Gasteiger partial charge in [0.15, 0.2) is 17.6 Å². The van der Waals surface area contributed by atoms with Crippen LogP contribution in [0, 0.1) is 0 Å². The van der Waals surface area contributed by atoms with Crippen LogP contribution in [-0.4, -0.2) is 10.4 Å². The predicted molar refractivity (Wildman–Crippen MR) is 83.3 cm³/mol. The lowest BCUT2D eigenvalue weighted by atomic mass is 10.1. The minimum absolute atomic E-state index is 0. The summed E-state index contributed by atoms with van der Waals surface area (Å²) < 4.78 is 4.30. The average Bonchev–Trinajstić information content (AvgIpc) is 2.80. The number of halogens is 1. The molecule has 0 spiro atoms. The lowest BCUT2D eigenvalue weighted by Gasteiger charge is -2.02. The zero-order valence-electron chi connectivity index (χ0n) is 12.8. The minimum Gasteiger partial charge on any atom is -1.00 e. The van der Waals surface area contributed by atoms with Gasteiger partial charge in [0.25, 0.3) is 5.82 Å². The van der Waals surface area contributed by atoms with E-state index in [1.807, 2.05) is 42.5 Å². The van der Waals surface area contributed by atoms with E-state index >= 15 is 0 Å². The summed E-state index contributed by atoms with van der Waals surface area (Å²) in [4.78, 5) is 12.5. The molecule has 4 heteroatoms. The van der Waals surface area contributed by atoms with Crippen LogP contribution in [0.5, 0.6) is 0 Å². The fourth-order valence-electron chi connectivity index (χ4n) is 2.90. The van der Waals surface area contributed by atoms with Gasteiger partial charge in [-0.2, -0.15) is 0 Å². The molecule has 114 valence electrons. The molecule has 0 fully saturated rings. The molecule has 1 heterocycles. The van der Waals surface area contributed by atoms with E-state index in [4.69, 9.17) is 0 Å². The van der Waals surface area contributed by atoms with Crippen LogP contribution >= 0.6 is 0 Å². The first-order valence-electron chi connectivity index (χ1n) is 7.26. The lowest BCUT2D eigenvalue weighted by Crippen LogP contribution is -3.00. The predicted octanol–water partition coefficient (Wildman–Crippen LogP) is -0.0849. The smallest absolute Gasteiger partial charge is 0.257 e. The van der Waals surface area contributed by atoms with E-state index in [-0.39, 0.29) is 22.8 Å². The van der Waals surface area contributed by atoms with Gasteiger partial charge in [-0.05, 0) is 12.1 Å². The molecule has 3 nitrogen and oxygen atoms in total. The van der Waals surface area contributed by atoms with Crippen molar-refractivity contribution >= 4 is 16.8 Å². The SMILES string of the molecule is CCc1n(CC(=O)c2ccccc2)c2ccccc2[n+]1C.[Br-]. The Labute approximate surface area is 141 Å². The van der Waals surface area contributed by atoms with E-state index in [0.29, 0.717) is 6.54 Å². The van der Waals surface area contributed by atoms with Gasteiger partial charge in [0.1, 0.15) is 0 Å². The number of nitrogens with zero attached hydrogens (tertiary/aromatic N) is 2. The molecule has 0 radical (unpaired) electrons. The van der Waals surface area contributed by atoms with Crippen LogP contribution in [0.2, 0.25) is 0 Å². The third kappa shape index (κ3) is 2.83. The average molecular weight is 359 g/mol. The monoisotopic (exact) mass is 358 g/mol. The highest BCUT2D eigenvalue weighted by Crippen LogP contribution is 2.15. The second-order valence-corrected chi connectivity index (χ2v) is 5.19. The van der Waals surface area contributed by atoms with E-state index in [0.717, 1.165) is 23.0 Å². The highest BCUT2D eigenvalue weighted by atomic mass is 79.9. The molecule has 0 bridgehead atoms. The van der Waals surface area contributed by atoms with Crippen molar-refractivity contribution in [1.82, 2.24) is 4.57 Å². The van der Waals surface area contributed by atoms with E-state index in [1.165, 1.54) is 5.82 Å². The summed E-state index contributed by atoms with van der Waals surface area (Å²) in [6, 6.07) is 17.7. The van der Waals surface area contributed by atoms with Crippen LogP contribution < -0.4 is 21.5 Å². The molecule has 0 aliphatic heterocycles. The fourth-order valence-corrected chi connectivity index (χ4v) is 2.90. The second kappa shape index (κ2) is 6.88. The van der Waals surface area contributed by atoms with Gasteiger partial charge >= 0.3 is 0 Å². The Kier molecular flexibility index (Phi) is 5.14. The number of benzene rings is 2. The summed E-state index contributed by atoms with van der Waals surface area (Å²) in [5, 5.41) is 0. The van der Waals surface area contributed by atoms with Crippen molar-refractivity contribution < 1.29 is 26.3 Å². The van der Waals surface area contributed by atoms with Crippen LogP contribution in [0.1, 0.15) is 23.1 Å². The number of aromatic nitrogens is 2. The lowest BCUT2D eigenvalue weighted by molar-refractivity contribution is -0.653. The maximum Gasteiger partial charge on any atom is 0.257 e. The maximum absolute atomic E-state index is 12.5. The summed E-state index contributed by atoms with van der Waals surface area (Å²) in [7, 11) is 2.06. The van der Waals surface area contributed by atoms with Gasteiger partial charge in [-0.1, -0.05) is 49.4 Å². The molecular formula is C18H19BrN2O. The number of ketones is 1. The Hall–Kier alpha value is -1.94. The first-order valence-corrected chi connectivity index (χ1v) is 7.26. The number of hydrogen-bond donors (Lipinski definition) is 0. The molecule has 0 unspecified atom stereocenters. The van der Waals surface area contributed by atoms with E-state index in [9.17, 15) is 4.79 Å². The number of para-hydroxylation sites is 2. The molecule has 3 rings (SSSR count). The minimum atomic E-state index is 0. The van der Waals surface area contributed by atoms with E-state index in [2.05, 4.69) is 35.2 Å². The van der Waals surface area contributed by atoms with Crippen molar-refractivity contribution in [1.29, 1.82) is 0 Å². The quantitative estimate of drug-likeness (QED) is 0.473. The number of carbonyl (C=O) groups is 1. The molecule has 1 aromatic heterocycles. The number of rotatable bonds is 4. The Balaban J connectivity index is 0.00000176. The van der Waals surface area contributed by atoms with Crippen molar-refractivity contribution in [2.75, 3.05) is 0 Å². The van der Waals surface area contributed by atoms with Crippen LogP contribution in [0.15, 0.2) is 54.6 Å². The second-order valence-electron chi connectivity index (χ2n) is 5.19. The molecule has 0 aliphatic carbocycles. The molecule has 0 aliphatic rings. The molecule has 0 atom stereocenters. The Morgan fingerprint density at radius 3 is 2.36 bits per heavy atom. The normalized spacial score (nSPS) is 10.5.